The van der Waals surface area contributed by atoms with Crippen LogP contribution in [-0.4, -0.2) is 18.3 Å². The van der Waals surface area contributed by atoms with Crippen LogP contribution in [0.5, 0.6) is 0 Å². The number of benzene rings is 2. The molecule has 0 N–H and O–H groups in total. The number of rotatable bonds is 3. The van der Waals surface area contributed by atoms with E-state index in [1.165, 1.54) is 0 Å². The average Bonchev–Trinajstić information content (AvgIpc) is 2.71. The van der Waals surface area contributed by atoms with E-state index in [-0.39, 0.29) is 35.5 Å². The Morgan fingerprint density at radius 2 is 2.14 bits per heavy atom. The van der Waals surface area contributed by atoms with Gasteiger partial charge in [-0.25, -0.2) is 0 Å². The zero-order valence-corrected chi connectivity index (χ0v) is 15.6. The zero-order valence-electron chi connectivity index (χ0n) is 13.6. The van der Waals surface area contributed by atoms with Crippen LogP contribution in [0.25, 0.3) is 10.8 Å². The molecule has 0 aromatic heterocycles. The van der Waals surface area contributed by atoms with Crippen molar-refractivity contribution in [1.29, 1.82) is 0 Å². The third-order valence-electron chi connectivity index (χ3n) is 4.28. The van der Waals surface area contributed by atoms with Gasteiger partial charge in [0.25, 0.3) is 0 Å². The SMILES string of the molecule is CCOC(=O)CC1(C)C(C)=Nc2ccc3c[c-]ccc3c21.[Na+]. The number of carbonyl (C=O) groups excluding carboxylic acids is 1. The largest absolute Gasteiger partial charge is 1.00 e. The molecule has 0 amide bonds. The second kappa shape index (κ2) is 6.53. The van der Waals surface area contributed by atoms with Crippen LogP contribution in [0.3, 0.4) is 0 Å². The van der Waals surface area contributed by atoms with Gasteiger partial charge in [0.1, 0.15) is 0 Å². The molecule has 2 aromatic rings. The summed E-state index contributed by atoms with van der Waals surface area (Å²) in [6.45, 7) is 6.29. The molecule has 108 valence electrons. The zero-order chi connectivity index (χ0) is 15.0. The number of hydrogen-bond acceptors (Lipinski definition) is 3. The van der Waals surface area contributed by atoms with Crippen molar-refractivity contribution < 1.29 is 39.1 Å². The number of carbonyl (C=O) groups is 1. The summed E-state index contributed by atoms with van der Waals surface area (Å²) < 4.78 is 5.14. The van der Waals surface area contributed by atoms with Gasteiger partial charge in [0.15, 0.2) is 0 Å². The predicted octanol–water partition coefficient (Wildman–Crippen LogP) is 0.961. The van der Waals surface area contributed by atoms with E-state index in [4.69, 9.17) is 4.74 Å². The second-order valence-electron chi connectivity index (χ2n) is 5.62. The fraction of sp³-hybridized carbons (Fsp3) is 0.333. The molecular weight excluding hydrogens is 285 g/mol. The minimum Gasteiger partial charge on any atom is -0.466 e. The van der Waals surface area contributed by atoms with Crippen LogP contribution in [0, 0.1) is 6.07 Å². The Morgan fingerprint density at radius 1 is 1.36 bits per heavy atom. The standard InChI is InChI=1S/C18H18NO2.Na/c1-4-21-16(20)11-18(3)12(2)19-15-10-9-13-7-5-6-8-14(13)17(15)18;/h6-10H,4,11H2,1-3H3;/q-1;+1. The summed E-state index contributed by atoms with van der Waals surface area (Å²) in [5.41, 5.74) is 2.64. The van der Waals surface area contributed by atoms with Crippen LogP contribution >= 0.6 is 0 Å². The smallest absolute Gasteiger partial charge is 0.466 e. The Bertz CT molecular complexity index is 754. The summed E-state index contributed by atoms with van der Waals surface area (Å²) in [6, 6.07) is 13.1. The van der Waals surface area contributed by atoms with Gasteiger partial charge in [0.2, 0.25) is 0 Å². The molecule has 0 bridgehead atoms. The number of esters is 1. The number of nitrogens with zero attached hydrogens (tertiary/aromatic N) is 1. The molecule has 22 heavy (non-hydrogen) atoms. The van der Waals surface area contributed by atoms with Gasteiger partial charge in [0, 0.05) is 11.1 Å². The summed E-state index contributed by atoms with van der Waals surface area (Å²) in [5, 5.41) is 2.26. The normalized spacial score (nSPS) is 19.3. The van der Waals surface area contributed by atoms with Crippen molar-refractivity contribution in [2.24, 2.45) is 4.99 Å². The maximum absolute atomic E-state index is 12.0. The third-order valence-corrected chi connectivity index (χ3v) is 4.28. The minimum atomic E-state index is -0.400. The van der Waals surface area contributed by atoms with Gasteiger partial charge in [-0.3, -0.25) is 9.79 Å². The van der Waals surface area contributed by atoms with Crippen molar-refractivity contribution in [3.63, 3.8) is 0 Å². The quantitative estimate of drug-likeness (QED) is 0.481. The Morgan fingerprint density at radius 3 is 2.86 bits per heavy atom. The molecule has 3 nitrogen and oxygen atoms in total. The Hall–Kier alpha value is -1.16. The number of fused-ring (bicyclic) bond motifs is 3. The molecule has 0 saturated heterocycles. The minimum absolute atomic E-state index is 0. The topological polar surface area (TPSA) is 38.7 Å². The molecule has 1 aliphatic rings. The van der Waals surface area contributed by atoms with Gasteiger partial charge < -0.3 is 4.74 Å². The van der Waals surface area contributed by atoms with Crippen molar-refractivity contribution in [1.82, 2.24) is 0 Å². The first-order valence-electron chi connectivity index (χ1n) is 7.21. The van der Waals surface area contributed by atoms with Crippen molar-refractivity contribution in [3.8, 4) is 0 Å². The van der Waals surface area contributed by atoms with E-state index in [2.05, 4.69) is 24.0 Å². The van der Waals surface area contributed by atoms with Gasteiger partial charge in [-0.2, -0.15) is 24.3 Å². The van der Waals surface area contributed by atoms with Gasteiger partial charge in [-0.05, 0) is 32.4 Å². The molecular formula is C18H18NNaO2. The van der Waals surface area contributed by atoms with E-state index >= 15 is 0 Å². The fourth-order valence-corrected chi connectivity index (χ4v) is 3.07. The molecule has 0 aliphatic carbocycles. The van der Waals surface area contributed by atoms with Crippen LogP contribution in [-0.2, 0) is 14.9 Å². The molecule has 1 atom stereocenters. The first-order valence-corrected chi connectivity index (χ1v) is 7.21. The number of hydrogen-bond donors (Lipinski definition) is 0. The van der Waals surface area contributed by atoms with E-state index < -0.39 is 5.41 Å². The maximum Gasteiger partial charge on any atom is 1.00 e. The van der Waals surface area contributed by atoms with Gasteiger partial charge in [-0.1, -0.05) is 0 Å². The van der Waals surface area contributed by atoms with E-state index in [1.807, 2.05) is 38.1 Å². The monoisotopic (exact) mass is 303 g/mol. The molecule has 1 unspecified atom stereocenters. The second-order valence-corrected chi connectivity index (χ2v) is 5.62. The van der Waals surface area contributed by atoms with E-state index in [9.17, 15) is 4.79 Å². The Labute approximate surface area is 153 Å². The molecule has 2 aromatic carbocycles. The summed E-state index contributed by atoms with van der Waals surface area (Å²) in [4.78, 5) is 16.7. The summed E-state index contributed by atoms with van der Waals surface area (Å²) in [6.07, 6.45) is 0.320. The summed E-state index contributed by atoms with van der Waals surface area (Å²) in [7, 11) is 0. The Kier molecular flexibility index (Phi) is 5.10. The molecule has 1 heterocycles. The maximum atomic E-state index is 12.0. The number of aliphatic imine (C=N–C) groups is 1. The first-order chi connectivity index (χ1) is 10.1. The van der Waals surface area contributed by atoms with E-state index in [0.717, 1.165) is 27.7 Å². The first kappa shape index (κ1) is 17.2. The van der Waals surface area contributed by atoms with Crippen LogP contribution in [0.15, 0.2) is 35.3 Å². The van der Waals surface area contributed by atoms with Crippen molar-refractivity contribution in [3.05, 3.63) is 42.0 Å². The molecule has 0 fully saturated rings. The van der Waals surface area contributed by atoms with Crippen LogP contribution in [0.1, 0.15) is 32.8 Å². The van der Waals surface area contributed by atoms with Crippen molar-refractivity contribution in [2.75, 3.05) is 6.61 Å². The van der Waals surface area contributed by atoms with E-state index in [1.54, 1.807) is 0 Å². The average molecular weight is 303 g/mol. The summed E-state index contributed by atoms with van der Waals surface area (Å²) in [5.74, 6) is -0.179. The third kappa shape index (κ3) is 2.73. The van der Waals surface area contributed by atoms with Crippen molar-refractivity contribution in [2.45, 2.75) is 32.6 Å². The van der Waals surface area contributed by atoms with E-state index in [0.29, 0.717) is 13.0 Å². The van der Waals surface area contributed by atoms with Crippen LogP contribution < -0.4 is 29.6 Å². The van der Waals surface area contributed by atoms with Crippen molar-refractivity contribution >= 4 is 28.1 Å². The predicted molar refractivity (Wildman–Crippen MR) is 84.2 cm³/mol. The molecule has 0 spiro atoms. The molecule has 0 saturated carbocycles. The molecule has 4 heteroatoms. The number of ether oxygens (including phenoxy) is 1. The molecule has 0 radical (unpaired) electrons. The van der Waals surface area contributed by atoms with Crippen LogP contribution in [0.2, 0.25) is 0 Å². The molecule has 1 aliphatic heterocycles. The fourth-order valence-electron chi connectivity index (χ4n) is 3.07. The summed E-state index contributed by atoms with van der Waals surface area (Å²) >= 11 is 0. The molecule has 3 rings (SSSR count). The Balaban J connectivity index is 0.00000176. The van der Waals surface area contributed by atoms with Gasteiger partial charge in [-0.15, -0.1) is 16.8 Å². The van der Waals surface area contributed by atoms with Gasteiger partial charge >= 0.3 is 35.5 Å². The van der Waals surface area contributed by atoms with Crippen LogP contribution in [0.4, 0.5) is 5.69 Å². The van der Waals surface area contributed by atoms with Gasteiger partial charge in [0.05, 0.1) is 18.7 Å².